The molecule has 0 saturated carbocycles. The third kappa shape index (κ3) is 6.80. The molecular formula is C15H26IN3. The molecule has 0 spiro atoms. The van der Waals surface area contributed by atoms with Gasteiger partial charge in [-0.15, -0.1) is 24.0 Å². The fourth-order valence-corrected chi connectivity index (χ4v) is 1.68. The van der Waals surface area contributed by atoms with Gasteiger partial charge in [-0.25, -0.2) is 0 Å². The van der Waals surface area contributed by atoms with Crippen LogP contribution >= 0.6 is 24.0 Å². The van der Waals surface area contributed by atoms with Crippen molar-refractivity contribution in [3.8, 4) is 0 Å². The fourth-order valence-electron chi connectivity index (χ4n) is 1.68. The molecule has 0 aliphatic rings. The third-order valence-electron chi connectivity index (χ3n) is 3.16. The highest BCUT2D eigenvalue weighted by Gasteiger charge is 2.07. The van der Waals surface area contributed by atoms with Gasteiger partial charge in [-0.3, -0.25) is 4.99 Å². The van der Waals surface area contributed by atoms with Gasteiger partial charge in [0.25, 0.3) is 0 Å². The van der Waals surface area contributed by atoms with E-state index in [1.807, 2.05) is 13.1 Å². The van der Waals surface area contributed by atoms with E-state index in [2.05, 4.69) is 60.7 Å². The topological polar surface area (TPSA) is 36.4 Å². The molecule has 19 heavy (non-hydrogen) atoms. The molecule has 0 bridgehead atoms. The van der Waals surface area contributed by atoms with Gasteiger partial charge < -0.3 is 10.6 Å². The van der Waals surface area contributed by atoms with Crippen LogP contribution in [0.25, 0.3) is 0 Å². The lowest BCUT2D eigenvalue weighted by Gasteiger charge is -2.19. The van der Waals surface area contributed by atoms with Gasteiger partial charge in [-0.2, -0.15) is 0 Å². The Labute approximate surface area is 134 Å². The Morgan fingerprint density at radius 2 is 1.84 bits per heavy atom. The van der Waals surface area contributed by atoms with Crippen molar-refractivity contribution in [2.24, 2.45) is 4.99 Å². The van der Waals surface area contributed by atoms with E-state index in [4.69, 9.17) is 0 Å². The maximum Gasteiger partial charge on any atom is 0.191 e. The van der Waals surface area contributed by atoms with Crippen molar-refractivity contribution in [1.82, 2.24) is 10.6 Å². The second-order valence-electron chi connectivity index (χ2n) is 4.72. The van der Waals surface area contributed by atoms with E-state index in [1.54, 1.807) is 0 Å². The van der Waals surface area contributed by atoms with Crippen LogP contribution in [-0.2, 0) is 0 Å². The first-order valence-corrected chi connectivity index (χ1v) is 6.69. The number of benzene rings is 1. The average molecular weight is 375 g/mol. The van der Waals surface area contributed by atoms with Crippen molar-refractivity contribution in [3.63, 3.8) is 0 Å². The zero-order valence-corrected chi connectivity index (χ0v) is 14.6. The summed E-state index contributed by atoms with van der Waals surface area (Å²) in [5.74, 6) is 1.36. The van der Waals surface area contributed by atoms with E-state index in [-0.39, 0.29) is 24.0 Å². The summed E-state index contributed by atoms with van der Waals surface area (Å²) in [5.41, 5.74) is 1.35. The van der Waals surface area contributed by atoms with Crippen LogP contribution in [0.4, 0.5) is 0 Å². The molecule has 1 rings (SSSR count). The number of hydrogen-bond acceptors (Lipinski definition) is 1. The van der Waals surface area contributed by atoms with Gasteiger partial charge in [0.1, 0.15) is 0 Å². The lowest BCUT2D eigenvalue weighted by atomic mass is 10.0. The minimum Gasteiger partial charge on any atom is -0.356 e. The van der Waals surface area contributed by atoms with Gasteiger partial charge in [-0.05, 0) is 24.8 Å². The molecule has 2 atom stereocenters. The largest absolute Gasteiger partial charge is 0.356 e. The first-order valence-electron chi connectivity index (χ1n) is 6.69. The van der Waals surface area contributed by atoms with E-state index >= 15 is 0 Å². The molecule has 0 radical (unpaired) electrons. The van der Waals surface area contributed by atoms with Crippen molar-refractivity contribution >= 4 is 29.9 Å². The predicted octanol–water partition coefficient (Wildman–Crippen LogP) is 3.37. The smallest absolute Gasteiger partial charge is 0.191 e. The van der Waals surface area contributed by atoms with Crippen LogP contribution in [0.2, 0.25) is 0 Å². The van der Waals surface area contributed by atoms with E-state index in [1.165, 1.54) is 5.56 Å². The van der Waals surface area contributed by atoms with Crippen molar-refractivity contribution in [3.05, 3.63) is 35.9 Å². The summed E-state index contributed by atoms with van der Waals surface area (Å²) in [7, 11) is 1.81. The first-order chi connectivity index (χ1) is 8.67. The molecule has 0 saturated heterocycles. The number of hydrogen-bond donors (Lipinski definition) is 2. The third-order valence-corrected chi connectivity index (χ3v) is 3.16. The van der Waals surface area contributed by atoms with Crippen molar-refractivity contribution in [2.45, 2.75) is 39.2 Å². The summed E-state index contributed by atoms with van der Waals surface area (Å²) in [6, 6.07) is 11.0. The molecule has 108 valence electrons. The summed E-state index contributed by atoms with van der Waals surface area (Å²) >= 11 is 0. The minimum atomic E-state index is 0. The molecule has 2 unspecified atom stereocenters. The number of aliphatic imine (C=N–C) groups is 1. The molecule has 1 aromatic carbocycles. The highest BCUT2D eigenvalue weighted by atomic mass is 127. The Balaban J connectivity index is 0.00000324. The van der Waals surface area contributed by atoms with Crippen LogP contribution in [-0.4, -0.2) is 25.6 Å². The maximum atomic E-state index is 4.24. The first kappa shape index (κ1) is 18.2. The molecule has 0 amide bonds. The van der Waals surface area contributed by atoms with E-state index in [0.717, 1.165) is 18.9 Å². The Morgan fingerprint density at radius 3 is 2.37 bits per heavy atom. The average Bonchev–Trinajstić information content (AvgIpc) is 2.43. The maximum absolute atomic E-state index is 4.24. The quantitative estimate of drug-likeness (QED) is 0.470. The van der Waals surface area contributed by atoms with Crippen molar-refractivity contribution in [2.75, 3.05) is 13.6 Å². The van der Waals surface area contributed by atoms with E-state index in [0.29, 0.717) is 12.0 Å². The zero-order valence-electron chi connectivity index (χ0n) is 12.3. The lowest BCUT2D eigenvalue weighted by molar-refractivity contribution is 0.614. The van der Waals surface area contributed by atoms with Gasteiger partial charge in [0.15, 0.2) is 5.96 Å². The van der Waals surface area contributed by atoms with Gasteiger partial charge in [0, 0.05) is 19.6 Å². The van der Waals surface area contributed by atoms with Crippen LogP contribution in [0, 0.1) is 0 Å². The SMILES string of the molecule is CCC(C)NC(=NC)NCC(C)c1ccccc1.I. The second kappa shape index (κ2) is 10.1. The van der Waals surface area contributed by atoms with Crippen LogP contribution in [0.15, 0.2) is 35.3 Å². The fraction of sp³-hybridized carbons (Fsp3) is 0.533. The molecule has 1 aromatic rings. The summed E-state index contributed by atoms with van der Waals surface area (Å²) < 4.78 is 0. The molecule has 0 fully saturated rings. The predicted molar refractivity (Wildman–Crippen MR) is 94.5 cm³/mol. The van der Waals surface area contributed by atoms with E-state index in [9.17, 15) is 0 Å². The summed E-state index contributed by atoms with van der Waals surface area (Å²) in [5, 5.41) is 6.73. The van der Waals surface area contributed by atoms with E-state index < -0.39 is 0 Å². The highest BCUT2D eigenvalue weighted by Crippen LogP contribution is 2.12. The molecule has 4 heteroatoms. The van der Waals surface area contributed by atoms with Crippen LogP contribution in [0.1, 0.15) is 38.7 Å². The number of nitrogens with one attached hydrogen (secondary N) is 2. The number of nitrogens with zero attached hydrogens (tertiary/aromatic N) is 1. The Kier molecular flexibility index (Phi) is 9.65. The monoisotopic (exact) mass is 375 g/mol. The molecule has 3 nitrogen and oxygen atoms in total. The molecule has 0 aromatic heterocycles. The van der Waals surface area contributed by atoms with Crippen molar-refractivity contribution in [1.29, 1.82) is 0 Å². The van der Waals surface area contributed by atoms with Crippen LogP contribution in [0.3, 0.4) is 0 Å². The van der Waals surface area contributed by atoms with Gasteiger partial charge in [0.05, 0.1) is 0 Å². The van der Waals surface area contributed by atoms with Gasteiger partial charge in [0.2, 0.25) is 0 Å². The Bertz CT molecular complexity index is 365. The van der Waals surface area contributed by atoms with Gasteiger partial charge in [-0.1, -0.05) is 44.2 Å². The Morgan fingerprint density at radius 1 is 1.21 bits per heavy atom. The Hall–Kier alpha value is -0.780. The summed E-state index contributed by atoms with van der Waals surface area (Å²) in [4.78, 5) is 4.24. The molecule has 2 N–H and O–H groups in total. The van der Waals surface area contributed by atoms with Crippen LogP contribution < -0.4 is 10.6 Å². The summed E-state index contributed by atoms with van der Waals surface area (Å²) in [6.07, 6.45) is 1.09. The lowest BCUT2D eigenvalue weighted by Crippen LogP contribution is -2.43. The molecule has 0 aliphatic carbocycles. The highest BCUT2D eigenvalue weighted by molar-refractivity contribution is 14.0. The molecule has 0 heterocycles. The molecule has 0 aliphatic heterocycles. The standard InChI is InChI=1S/C15H25N3.HI/c1-5-13(3)18-15(16-4)17-11-12(2)14-9-7-6-8-10-14;/h6-10,12-13H,5,11H2,1-4H3,(H2,16,17,18);1H. The second-order valence-corrected chi connectivity index (χ2v) is 4.72. The minimum absolute atomic E-state index is 0. The zero-order chi connectivity index (χ0) is 13.4. The normalized spacial score (nSPS) is 14.2. The number of guanidine groups is 1. The molecular weight excluding hydrogens is 349 g/mol. The number of rotatable bonds is 5. The summed E-state index contributed by atoms with van der Waals surface area (Å²) in [6.45, 7) is 7.43. The van der Waals surface area contributed by atoms with Crippen molar-refractivity contribution < 1.29 is 0 Å². The van der Waals surface area contributed by atoms with Gasteiger partial charge >= 0.3 is 0 Å². The number of halogens is 1. The van der Waals surface area contributed by atoms with Crippen LogP contribution in [0.5, 0.6) is 0 Å².